The van der Waals surface area contributed by atoms with Crippen molar-refractivity contribution in [3.05, 3.63) is 68.2 Å². The minimum atomic E-state index is -0.484. The van der Waals surface area contributed by atoms with E-state index in [1.807, 2.05) is 0 Å². The van der Waals surface area contributed by atoms with Crippen LogP contribution >= 0.6 is 23.2 Å². The Morgan fingerprint density at radius 1 is 1.26 bits per heavy atom. The summed E-state index contributed by atoms with van der Waals surface area (Å²) < 4.78 is 5.50. The quantitative estimate of drug-likeness (QED) is 0.298. The SMILES string of the molecule is C/C(=N/NC(=O)CCCOc1ccc(Cl)cc1Cl)c1cccc([N+](=O)[O-])c1. The van der Waals surface area contributed by atoms with E-state index in [4.69, 9.17) is 27.9 Å². The van der Waals surface area contributed by atoms with Crippen molar-refractivity contribution in [2.24, 2.45) is 5.10 Å². The highest BCUT2D eigenvalue weighted by Crippen LogP contribution is 2.27. The Labute approximate surface area is 166 Å². The fourth-order valence-electron chi connectivity index (χ4n) is 2.12. The normalized spacial score (nSPS) is 11.1. The van der Waals surface area contributed by atoms with Crippen LogP contribution in [-0.4, -0.2) is 23.1 Å². The minimum absolute atomic E-state index is 0.0358. The highest BCUT2D eigenvalue weighted by Gasteiger charge is 2.08. The Hall–Kier alpha value is -2.64. The zero-order valence-corrected chi connectivity index (χ0v) is 16.0. The zero-order chi connectivity index (χ0) is 19.8. The molecule has 0 aliphatic heterocycles. The van der Waals surface area contributed by atoms with Crippen LogP contribution in [0, 0.1) is 10.1 Å². The van der Waals surface area contributed by atoms with Crippen molar-refractivity contribution < 1.29 is 14.5 Å². The number of ether oxygens (including phenoxy) is 1. The number of nitro benzene ring substituents is 1. The van der Waals surface area contributed by atoms with Crippen LogP contribution in [0.5, 0.6) is 5.75 Å². The molecule has 7 nitrogen and oxygen atoms in total. The highest BCUT2D eigenvalue weighted by atomic mass is 35.5. The van der Waals surface area contributed by atoms with E-state index in [1.54, 1.807) is 37.3 Å². The lowest BCUT2D eigenvalue weighted by Crippen LogP contribution is -2.19. The van der Waals surface area contributed by atoms with E-state index in [1.165, 1.54) is 12.1 Å². The van der Waals surface area contributed by atoms with Gasteiger partial charge in [0.15, 0.2) is 0 Å². The second-order valence-corrected chi connectivity index (χ2v) is 6.41. The number of halogens is 2. The largest absolute Gasteiger partial charge is 0.492 e. The van der Waals surface area contributed by atoms with Crippen molar-refractivity contribution in [1.82, 2.24) is 5.43 Å². The molecule has 2 aromatic carbocycles. The number of amides is 1. The van der Waals surface area contributed by atoms with Crippen LogP contribution in [0.4, 0.5) is 5.69 Å². The van der Waals surface area contributed by atoms with Crippen LogP contribution in [0.15, 0.2) is 47.6 Å². The predicted molar refractivity (Wildman–Crippen MR) is 105 cm³/mol. The number of rotatable bonds is 8. The third-order valence-electron chi connectivity index (χ3n) is 3.52. The van der Waals surface area contributed by atoms with Gasteiger partial charge in [0.05, 0.1) is 22.3 Å². The van der Waals surface area contributed by atoms with Gasteiger partial charge in [-0.3, -0.25) is 14.9 Å². The molecule has 0 bridgehead atoms. The number of carbonyl (C=O) groups excluding carboxylic acids is 1. The summed E-state index contributed by atoms with van der Waals surface area (Å²) in [5.74, 6) is 0.214. The number of carbonyl (C=O) groups is 1. The van der Waals surface area contributed by atoms with E-state index in [0.717, 1.165) is 0 Å². The van der Waals surface area contributed by atoms with E-state index in [0.29, 0.717) is 40.1 Å². The smallest absolute Gasteiger partial charge is 0.270 e. The molecule has 2 rings (SSSR count). The second kappa shape index (κ2) is 9.89. The van der Waals surface area contributed by atoms with Gasteiger partial charge in [-0.1, -0.05) is 35.3 Å². The molecule has 2 aromatic rings. The predicted octanol–water partition coefficient (Wildman–Crippen LogP) is 4.60. The molecule has 0 spiro atoms. The summed E-state index contributed by atoms with van der Waals surface area (Å²) in [6.45, 7) is 1.97. The summed E-state index contributed by atoms with van der Waals surface area (Å²) in [7, 11) is 0. The number of hydrogen-bond donors (Lipinski definition) is 1. The van der Waals surface area contributed by atoms with Gasteiger partial charge in [-0.25, -0.2) is 5.43 Å². The number of benzene rings is 2. The zero-order valence-electron chi connectivity index (χ0n) is 14.4. The fraction of sp³-hybridized carbons (Fsp3) is 0.222. The maximum Gasteiger partial charge on any atom is 0.270 e. The lowest BCUT2D eigenvalue weighted by Gasteiger charge is -2.08. The molecule has 0 atom stereocenters. The van der Waals surface area contributed by atoms with Crippen molar-refractivity contribution in [3.8, 4) is 5.75 Å². The molecule has 0 heterocycles. The van der Waals surface area contributed by atoms with Gasteiger partial charge in [0.25, 0.3) is 5.69 Å². The Morgan fingerprint density at radius 3 is 2.74 bits per heavy atom. The van der Waals surface area contributed by atoms with Crippen molar-refractivity contribution in [2.45, 2.75) is 19.8 Å². The number of nitrogens with zero attached hydrogens (tertiary/aromatic N) is 2. The number of non-ortho nitro benzene ring substituents is 1. The van der Waals surface area contributed by atoms with Gasteiger partial charge in [-0.05, 0) is 31.5 Å². The number of hydrazone groups is 1. The summed E-state index contributed by atoms with van der Waals surface area (Å²) in [6, 6.07) is 10.9. The van der Waals surface area contributed by atoms with Crippen molar-refractivity contribution in [3.63, 3.8) is 0 Å². The van der Waals surface area contributed by atoms with E-state index >= 15 is 0 Å². The van der Waals surface area contributed by atoms with E-state index in [2.05, 4.69) is 10.5 Å². The number of hydrogen-bond acceptors (Lipinski definition) is 5. The lowest BCUT2D eigenvalue weighted by atomic mass is 10.1. The summed E-state index contributed by atoms with van der Waals surface area (Å²) in [4.78, 5) is 22.2. The van der Waals surface area contributed by atoms with Crippen molar-refractivity contribution in [2.75, 3.05) is 6.61 Å². The van der Waals surface area contributed by atoms with Crippen molar-refractivity contribution >= 4 is 40.5 Å². The van der Waals surface area contributed by atoms with Gasteiger partial charge in [-0.2, -0.15) is 5.10 Å². The topological polar surface area (TPSA) is 93.8 Å². The van der Waals surface area contributed by atoms with Crippen LogP contribution in [0.2, 0.25) is 10.0 Å². The fourth-order valence-corrected chi connectivity index (χ4v) is 2.58. The minimum Gasteiger partial charge on any atom is -0.492 e. The monoisotopic (exact) mass is 409 g/mol. The van der Waals surface area contributed by atoms with Gasteiger partial charge in [0.1, 0.15) is 5.75 Å². The van der Waals surface area contributed by atoms with E-state index in [9.17, 15) is 14.9 Å². The Bertz CT molecular complexity index is 871. The first-order chi connectivity index (χ1) is 12.9. The Kier molecular flexibility index (Phi) is 7.57. The standard InChI is InChI=1S/C18H17Cl2N3O4/c1-12(13-4-2-5-15(10-13)23(25)26)21-22-18(24)6-3-9-27-17-8-7-14(19)11-16(17)20/h2,4-5,7-8,10-11H,3,6,9H2,1H3,(H,22,24)/b21-12-. The third kappa shape index (κ3) is 6.54. The number of nitro groups is 1. The van der Waals surface area contributed by atoms with Gasteiger partial charge >= 0.3 is 0 Å². The molecule has 27 heavy (non-hydrogen) atoms. The first kappa shape index (κ1) is 20.7. The molecule has 1 amide bonds. The summed E-state index contributed by atoms with van der Waals surface area (Å²) in [6.07, 6.45) is 0.674. The molecule has 0 aliphatic rings. The molecule has 9 heteroatoms. The van der Waals surface area contributed by atoms with Gasteiger partial charge in [-0.15, -0.1) is 0 Å². The average molecular weight is 410 g/mol. The van der Waals surface area contributed by atoms with Gasteiger partial charge in [0.2, 0.25) is 5.91 Å². The van der Waals surface area contributed by atoms with Crippen molar-refractivity contribution in [1.29, 1.82) is 0 Å². The van der Waals surface area contributed by atoms with Crippen LogP contribution in [0.3, 0.4) is 0 Å². The molecule has 0 fully saturated rings. The Morgan fingerprint density at radius 2 is 2.04 bits per heavy atom. The van der Waals surface area contributed by atoms with E-state index in [-0.39, 0.29) is 18.0 Å². The molecule has 0 aromatic heterocycles. The maximum atomic E-state index is 11.9. The van der Waals surface area contributed by atoms with Crippen LogP contribution in [0.25, 0.3) is 0 Å². The third-order valence-corrected chi connectivity index (χ3v) is 4.05. The van der Waals surface area contributed by atoms with Gasteiger partial charge in [0, 0.05) is 29.1 Å². The highest BCUT2D eigenvalue weighted by molar-refractivity contribution is 6.35. The summed E-state index contributed by atoms with van der Waals surface area (Å²) in [5, 5.41) is 15.7. The maximum absolute atomic E-state index is 11.9. The molecule has 0 saturated carbocycles. The average Bonchev–Trinajstić information content (AvgIpc) is 2.64. The first-order valence-electron chi connectivity index (χ1n) is 8.02. The molecule has 0 radical (unpaired) electrons. The second-order valence-electron chi connectivity index (χ2n) is 5.57. The van der Waals surface area contributed by atoms with Gasteiger partial charge < -0.3 is 4.74 Å². The van der Waals surface area contributed by atoms with Crippen LogP contribution in [-0.2, 0) is 4.79 Å². The summed E-state index contributed by atoms with van der Waals surface area (Å²) >= 11 is 11.8. The molecule has 142 valence electrons. The Balaban J connectivity index is 1.79. The first-order valence-corrected chi connectivity index (χ1v) is 8.78. The summed E-state index contributed by atoms with van der Waals surface area (Å²) in [5.41, 5.74) is 3.42. The lowest BCUT2D eigenvalue weighted by molar-refractivity contribution is -0.384. The van der Waals surface area contributed by atoms with E-state index < -0.39 is 4.92 Å². The molecular weight excluding hydrogens is 393 g/mol. The molecule has 0 saturated heterocycles. The van der Waals surface area contributed by atoms with Crippen LogP contribution < -0.4 is 10.2 Å². The number of nitrogens with one attached hydrogen (secondary N) is 1. The molecule has 1 N–H and O–H groups in total. The molecule has 0 aliphatic carbocycles. The molecule has 0 unspecified atom stereocenters. The van der Waals surface area contributed by atoms with Crippen LogP contribution in [0.1, 0.15) is 25.3 Å². The molecular formula is C18H17Cl2N3O4.